The van der Waals surface area contributed by atoms with Gasteiger partial charge in [-0.05, 0) is 61.7 Å². The molecule has 2 fully saturated rings. The zero-order valence-electron chi connectivity index (χ0n) is 11.1. The molecule has 1 N–H and O–H groups in total. The Labute approximate surface area is 99.9 Å². The number of allylic oxidation sites excluding steroid dienone is 1. The van der Waals surface area contributed by atoms with Crippen LogP contribution in [0.3, 0.4) is 0 Å². The van der Waals surface area contributed by atoms with E-state index in [4.69, 9.17) is 0 Å². The van der Waals surface area contributed by atoms with Gasteiger partial charge in [-0.25, -0.2) is 0 Å². The largest absolute Gasteiger partial charge is 0.396 e. The van der Waals surface area contributed by atoms with Crippen LogP contribution in [0.5, 0.6) is 0 Å². The maximum atomic E-state index is 9.68. The summed E-state index contributed by atoms with van der Waals surface area (Å²) in [6.45, 7) is 11.4. The average molecular weight is 222 g/mol. The SMILES string of the molecule is C=C(C)[C@H]1CC[C@@]2(C)CC[C@@](C)(CO)[C@@H]2C1. The zero-order valence-corrected chi connectivity index (χ0v) is 11.1. The van der Waals surface area contributed by atoms with Crippen LogP contribution in [-0.4, -0.2) is 11.7 Å². The molecular weight excluding hydrogens is 196 g/mol. The molecule has 2 aliphatic carbocycles. The molecule has 0 aliphatic heterocycles. The van der Waals surface area contributed by atoms with Crippen molar-refractivity contribution >= 4 is 0 Å². The summed E-state index contributed by atoms with van der Waals surface area (Å²) in [7, 11) is 0. The van der Waals surface area contributed by atoms with Gasteiger partial charge in [-0.2, -0.15) is 0 Å². The number of rotatable bonds is 2. The van der Waals surface area contributed by atoms with Crippen LogP contribution < -0.4 is 0 Å². The van der Waals surface area contributed by atoms with Crippen LogP contribution in [0.2, 0.25) is 0 Å². The molecule has 1 heteroatoms. The standard InChI is InChI=1S/C15H26O/c1-11(2)12-5-6-14(3)7-8-15(4,10-16)13(14)9-12/h12-13,16H,1,5-10H2,2-4H3/t12-,13+,14-,15-/m0/s1. The van der Waals surface area contributed by atoms with Gasteiger partial charge in [0.25, 0.3) is 0 Å². The molecule has 0 radical (unpaired) electrons. The van der Waals surface area contributed by atoms with Crippen LogP contribution in [0.4, 0.5) is 0 Å². The van der Waals surface area contributed by atoms with Crippen molar-refractivity contribution in [2.75, 3.05) is 6.61 Å². The Bertz CT molecular complexity index is 286. The molecule has 2 rings (SSSR count). The molecule has 0 saturated heterocycles. The Morgan fingerprint density at radius 1 is 1.31 bits per heavy atom. The summed E-state index contributed by atoms with van der Waals surface area (Å²) in [6, 6.07) is 0. The van der Waals surface area contributed by atoms with Gasteiger partial charge in [0, 0.05) is 6.61 Å². The number of aliphatic hydroxyl groups is 1. The normalized spacial score (nSPS) is 47.8. The second-order valence-electron chi connectivity index (χ2n) is 6.84. The fourth-order valence-electron chi connectivity index (χ4n) is 4.17. The van der Waals surface area contributed by atoms with E-state index in [1.807, 2.05) is 0 Å². The number of hydrogen-bond acceptors (Lipinski definition) is 1. The third kappa shape index (κ3) is 1.73. The van der Waals surface area contributed by atoms with E-state index in [9.17, 15) is 5.11 Å². The fourth-order valence-corrected chi connectivity index (χ4v) is 4.17. The molecule has 2 saturated carbocycles. The van der Waals surface area contributed by atoms with Crippen molar-refractivity contribution in [1.29, 1.82) is 0 Å². The van der Waals surface area contributed by atoms with Crippen molar-refractivity contribution in [3.05, 3.63) is 12.2 Å². The molecule has 0 aromatic heterocycles. The summed E-state index contributed by atoms with van der Waals surface area (Å²) >= 11 is 0. The lowest BCUT2D eigenvalue weighted by molar-refractivity contribution is 0.0182. The third-order valence-electron chi connectivity index (χ3n) is 5.59. The minimum Gasteiger partial charge on any atom is -0.396 e. The molecule has 16 heavy (non-hydrogen) atoms. The predicted molar refractivity (Wildman–Crippen MR) is 68.2 cm³/mol. The lowest BCUT2D eigenvalue weighted by Gasteiger charge is -2.45. The van der Waals surface area contributed by atoms with E-state index in [1.54, 1.807) is 0 Å². The topological polar surface area (TPSA) is 20.2 Å². The summed E-state index contributed by atoms with van der Waals surface area (Å²) in [6.07, 6.45) is 6.39. The van der Waals surface area contributed by atoms with Crippen LogP contribution in [-0.2, 0) is 0 Å². The smallest absolute Gasteiger partial charge is 0.0487 e. The van der Waals surface area contributed by atoms with Gasteiger partial charge in [0.15, 0.2) is 0 Å². The highest BCUT2D eigenvalue weighted by Crippen LogP contribution is 2.61. The van der Waals surface area contributed by atoms with Crippen molar-refractivity contribution in [3.63, 3.8) is 0 Å². The summed E-state index contributed by atoms with van der Waals surface area (Å²) in [4.78, 5) is 0. The molecule has 0 unspecified atom stereocenters. The third-order valence-corrected chi connectivity index (χ3v) is 5.59. The van der Waals surface area contributed by atoms with E-state index in [2.05, 4.69) is 27.4 Å². The molecule has 1 nitrogen and oxygen atoms in total. The summed E-state index contributed by atoms with van der Waals surface area (Å²) in [5.41, 5.74) is 2.00. The van der Waals surface area contributed by atoms with Gasteiger partial charge < -0.3 is 5.11 Å². The van der Waals surface area contributed by atoms with Gasteiger partial charge in [0.2, 0.25) is 0 Å². The maximum Gasteiger partial charge on any atom is 0.0487 e. The molecule has 0 aromatic carbocycles. The molecule has 92 valence electrons. The number of fused-ring (bicyclic) bond motifs is 1. The molecule has 4 atom stereocenters. The lowest BCUT2D eigenvalue weighted by Crippen LogP contribution is -2.39. The van der Waals surface area contributed by atoms with E-state index in [0.717, 1.165) is 0 Å². The highest BCUT2D eigenvalue weighted by molar-refractivity contribution is 5.08. The van der Waals surface area contributed by atoms with Gasteiger partial charge in [-0.15, -0.1) is 0 Å². The van der Waals surface area contributed by atoms with Crippen molar-refractivity contribution in [2.45, 2.75) is 52.9 Å². The molecule has 0 spiro atoms. The first kappa shape index (κ1) is 12.2. The molecule has 2 aliphatic rings. The van der Waals surface area contributed by atoms with Crippen molar-refractivity contribution in [3.8, 4) is 0 Å². The van der Waals surface area contributed by atoms with Crippen LogP contribution >= 0.6 is 0 Å². The molecular formula is C15H26O. The lowest BCUT2D eigenvalue weighted by atomic mass is 9.60. The summed E-state index contributed by atoms with van der Waals surface area (Å²) < 4.78 is 0. The molecule has 0 amide bonds. The highest BCUT2D eigenvalue weighted by Gasteiger charge is 2.53. The van der Waals surface area contributed by atoms with E-state index >= 15 is 0 Å². The zero-order chi connectivity index (χ0) is 12.0. The Morgan fingerprint density at radius 3 is 2.56 bits per heavy atom. The molecule has 0 heterocycles. The first-order chi connectivity index (χ1) is 7.41. The van der Waals surface area contributed by atoms with Crippen LogP contribution in [0.25, 0.3) is 0 Å². The van der Waals surface area contributed by atoms with Crippen molar-refractivity contribution in [1.82, 2.24) is 0 Å². The van der Waals surface area contributed by atoms with E-state index in [1.165, 1.54) is 37.7 Å². The Balaban J connectivity index is 2.21. The van der Waals surface area contributed by atoms with Gasteiger partial charge in [0.05, 0.1) is 0 Å². The Morgan fingerprint density at radius 2 is 2.00 bits per heavy atom. The monoisotopic (exact) mass is 222 g/mol. The fraction of sp³-hybridized carbons (Fsp3) is 0.867. The minimum absolute atomic E-state index is 0.170. The number of hydrogen-bond donors (Lipinski definition) is 1. The first-order valence-electron chi connectivity index (χ1n) is 6.67. The second kappa shape index (κ2) is 3.87. The van der Waals surface area contributed by atoms with E-state index in [0.29, 0.717) is 23.9 Å². The number of aliphatic hydroxyl groups excluding tert-OH is 1. The average Bonchev–Trinajstić information content (AvgIpc) is 2.52. The molecule has 0 aromatic rings. The van der Waals surface area contributed by atoms with Crippen LogP contribution in [0.15, 0.2) is 12.2 Å². The first-order valence-corrected chi connectivity index (χ1v) is 6.67. The second-order valence-corrected chi connectivity index (χ2v) is 6.84. The van der Waals surface area contributed by atoms with Gasteiger partial charge in [-0.3, -0.25) is 0 Å². The van der Waals surface area contributed by atoms with Gasteiger partial charge in [0.1, 0.15) is 0 Å². The van der Waals surface area contributed by atoms with Crippen molar-refractivity contribution < 1.29 is 5.11 Å². The van der Waals surface area contributed by atoms with Gasteiger partial charge >= 0.3 is 0 Å². The highest BCUT2D eigenvalue weighted by atomic mass is 16.3. The Hall–Kier alpha value is -0.300. The predicted octanol–water partition coefficient (Wildman–Crippen LogP) is 3.78. The van der Waals surface area contributed by atoms with Crippen LogP contribution in [0.1, 0.15) is 52.9 Å². The van der Waals surface area contributed by atoms with E-state index in [-0.39, 0.29) is 5.41 Å². The summed E-state index contributed by atoms with van der Waals surface area (Å²) in [5.74, 6) is 1.39. The Kier molecular flexibility index (Phi) is 2.94. The molecule has 0 bridgehead atoms. The van der Waals surface area contributed by atoms with Crippen molar-refractivity contribution in [2.24, 2.45) is 22.7 Å². The van der Waals surface area contributed by atoms with E-state index < -0.39 is 0 Å². The minimum atomic E-state index is 0.170. The summed E-state index contributed by atoms with van der Waals surface area (Å²) in [5, 5.41) is 9.68. The van der Waals surface area contributed by atoms with Crippen LogP contribution in [0, 0.1) is 22.7 Å². The quantitative estimate of drug-likeness (QED) is 0.705. The van der Waals surface area contributed by atoms with Gasteiger partial charge in [-0.1, -0.05) is 26.0 Å². The maximum absolute atomic E-state index is 9.68.